The summed E-state index contributed by atoms with van der Waals surface area (Å²) >= 11 is 0. The van der Waals surface area contributed by atoms with Crippen molar-refractivity contribution >= 4 is 11.6 Å². The Balaban J connectivity index is 1.24. The van der Waals surface area contributed by atoms with E-state index in [1.807, 2.05) is 35.4 Å². The lowest BCUT2D eigenvalue weighted by Crippen LogP contribution is -2.36. The highest BCUT2D eigenvalue weighted by Gasteiger charge is 2.24. The number of carbonyl (C=O) groups excluding carboxylic acids is 1. The SMILES string of the molecule is O=C(c1cccc(OCc2ccc(F)cc2)c1)N1CCOCC(Cc2ccc3nccn3n2)C1. The molecule has 2 aromatic carbocycles. The molecule has 34 heavy (non-hydrogen) atoms. The van der Waals surface area contributed by atoms with Crippen molar-refractivity contribution in [2.75, 3.05) is 26.3 Å². The summed E-state index contributed by atoms with van der Waals surface area (Å²) in [6, 6.07) is 17.3. The molecule has 0 aliphatic carbocycles. The summed E-state index contributed by atoms with van der Waals surface area (Å²) in [7, 11) is 0. The summed E-state index contributed by atoms with van der Waals surface area (Å²) in [4.78, 5) is 19.4. The minimum atomic E-state index is -0.283. The van der Waals surface area contributed by atoms with E-state index in [9.17, 15) is 9.18 Å². The second-order valence-corrected chi connectivity index (χ2v) is 8.39. The minimum absolute atomic E-state index is 0.0549. The standard InChI is InChI=1S/C26H25FN4O3/c27-22-6-4-19(5-7-22)18-34-24-3-1-2-21(15-24)26(32)30-12-13-33-17-20(16-30)14-23-8-9-25-28-10-11-31(25)29-23/h1-11,15,20H,12-14,16-18H2. The van der Waals surface area contributed by atoms with E-state index in [1.165, 1.54) is 12.1 Å². The molecular formula is C26H25FN4O3. The van der Waals surface area contributed by atoms with Crippen molar-refractivity contribution in [3.63, 3.8) is 0 Å². The van der Waals surface area contributed by atoms with Gasteiger partial charge in [0, 0.05) is 37.0 Å². The first kappa shape index (κ1) is 22.0. The van der Waals surface area contributed by atoms with Crippen LogP contribution in [0.5, 0.6) is 5.75 Å². The number of carbonyl (C=O) groups is 1. The zero-order valence-corrected chi connectivity index (χ0v) is 18.6. The molecule has 1 atom stereocenters. The lowest BCUT2D eigenvalue weighted by molar-refractivity contribution is 0.0736. The molecule has 0 radical (unpaired) electrons. The first-order valence-electron chi connectivity index (χ1n) is 11.3. The van der Waals surface area contributed by atoms with Crippen LogP contribution in [0.1, 0.15) is 21.6 Å². The first-order valence-corrected chi connectivity index (χ1v) is 11.3. The second kappa shape index (κ2) is 10.0. The van der Waals surface area contributed by atoms with Gasteiger partial charge in [0.25, 0.3) is 5.91 Å². The van der Waals surface area contributed by atoms with Crippen molar-refractivity contribution in [2.24, 2.45) is 5.92 Å². The Labute approximate surface area is 196 Å². The molecule has 0 bridgehead atoms. The van der Waals surface area contributed by atoms with Crippen molar-refractivity contribution in [3.8, 4) is 5.75 Å². The number of imidazole rings is 1. The van der Waals surface area contributed by atoms with Crippen LogP contribution in [0.25, 0.3) is 5.65 Å². The molecule has 1 unspecified atom stereocenters. The van der Waals surface area contributed by atoms with E-state index >= 15 is 0 Å². The average molecular weight is 461 g/mol. The first-order chi connectivity index (χ1) is 16.6. The number of ether oxygens (including phenoxy) is 2. The van der Waals surface area contributed by atoms with Crippen molar-refractivity contribution < 1.29 is 18.7 Å². The number of fused-ring (bicyclic) bond motifs is 1. The summed E-state index contributed by atoms with van der Waals surface area (Å²) < 4.78 is 26.5. The second-order valence-electron chi connectivity index (χ2n) is 8.39. The lowest BCUT2D eigenvalue weighted by Gasteiger charge is -2.24. The fraction of sp³-hybridized carbons (Fsp3) is 0.269. The smallest absolute Gasteiger partial charge is 0.254 e. The van der Waals surface area contributed by atoms with Crippen LogP contribution in [-0.4, -0.2) is 51.7 Å². The van der Waals surface area contributed by atoms with Crippen molar-refractivity contribution in [3.05, 3.63) is 95.7 Å². The molecule has 8 heteroatoms. The third kappa shape index (κ3) is 5.23. The number of nitrogens with zero attached hydrogens (tertiary/aromatic N) is 4. The minimum Gasteiger partial charge on any atom is -0.489 e. The van der Waals surface area contributed by atoms with Crippen LogP contribution < -0.4 is 4.74 Å². The van der Waals surface area contributed by atoms with Gasteiger partial charge in [-0.25, -0.2) is 13.9 Å². The van der Waals surface area contributed by atoms with Crippen molar-refractivity contribution in [2.45, 2.75) is 13.0 Å². The number of aromatic nitrogens is 3. The summed E-state index contributed by atoms with van der Waals surface area (Å²) in [5.74, 6) is 0.392. The Hall–Kier alpha value is -3.78. The quantitative estimate of drug-likeness (QED) is 0.438. The summed E-state index contributed by atoms with van der Waals surface area (Å²) in [6.45, 7) is 2.49. The Kier molecular flexibility index (Phi) is 6.49. The van der Waals surface area contributed by atoms with Gasteiger partial charge in [-0.15, -0.1) is 0 Å². The van der Waals surface area contributed by atoms with E-state index in [1.54, 1.807) is 35.0 Å². The highest BCUT2D eigenvalue weighted by Crippen LogP contribution is 2.20. The number of hydrogen-bond donors (Lipinski definition) is 0. The Morgan fingerprint density at radius 2 is 2.03 bits per heavy atom. The number of halogens is 1. The average Bonchev–Trinajstić information content (AvgIpc) is 3.20. The van der Waals surface area contributed by atoms with Gasteiger partial charge in [-0.3, -0.25) is 4.79 Å². The predicted molar refractivity (Wildman–Crippen MR) is 124 cm³/mol. The van der Waals surface area contributed by atoms with E-state index in [2.05, 4.69) is 10.1 Å². The van der Waals surface area contributed by atoms with E-state index in [4.69, 9.17) is 9.47 Å². The van der Waals surface area contributed by atoms with Gasteiger partial charge in [-0.05, 0) is 54.4 Å². The van der Waals surface area contributed by atoms with Gasteiger partial charge in [0.1, 0.15) is 18.2 Å². The zero-order valence-electron chi connectivity index (χ0n) is 18.6. The lowest BCUT2D eigenvalue weighted by atomic mass is 10.0. The molecule has 2 aromatic heterocycles. The maximum absolute atomic E-state index is 13.3. The van der Waals surface area contributed by atoms with E-state index < -0.39 is 0 Å². The van der Waals surface area contributed by atoms with Gasteiger partial charge in [0.15, 0.2) is 5.65 Å². The number of amides is 1. The van der Waals surface area contributed by atoms with Crippen LogP contribution in [-0.2, 0) is 17.8 Å². The van der Waals surface area contributed by atoms with Crippen LogP contribution in [0.3, 0.4) is 0 Å². The fourth-order valence-electron chi connectivity index (χ4n) is 4.10. The molecule has 1 aliphatic rings. The molecule has 3 heterocycles. The number of hydrogen-bond acceptors (Lipinski definition) is 5. The van der Waals surface area contributed by atoms with Gasteiger partial charge in [0.2, 0.25) is 0 Å². The van der Waals surface area contributed by atoms with Crippen LogP contribution in [0, 0.1) is 11.7 Å². The molecule has 1 saturated heterocycles. The molecule has 0 spiro atoms. The third-order valence-electron chi connectivity index (χ3n) is 5.83. The summed E-state index contributed by atoms with van der Waals surface area (Å²) in [5, 5.41) is 4.61. The topological polar surface area (TPSA) is 69.0 Å². The summed E-state index contributed by atoms with van der Waals surface area (Å²) in [6.07, 6.45) is 4.25. The fourth-order valence-corrected chi connectivity index (χ4v) is 4.10. The van der Waals surface area contributed by atoms with E-state index in [-0.39, 0.29) is 17.6 Å². The van der Waals surface area contributed by atoms with E-state index in [0.717, 1.165) is 16.9 Å². The molecule has 0 N–H and O–H groups in total. The number of benzene rings is 2. The predicted octanol–water partition coefficient (Wildman–Crippen LogP) is 3.78. The van der Waals surface area contributed by atoms with Crippen molar-refractivity contribution in [1.82, 2.24) is 19.5 Å². The van der Waals surface area contributed by atoms with Crippen LogP contribution in [0.15, 0.2) is 73.1 Å². The van der Waals surface area contributed by atoms with Gasteiger partial charge in [0.05, 0.1) is 18.9 Å². The molecule has 7 nitrogen and oxygen atoms in total. The monoisotopic (exact) mass is 460 g/mol. The molecule has 1 aliphatic heterocycles. The van der Waals surface area contributed by atoms with Crippen LogP contribution >= 0.6 is 0 Å². The molecule has 1 fully saturated rings. The molecule has 5 rings (SSSR count). The highest BCUT2D eigenvalue weighted by atomic mass is 19.1. The van der Waals surface area contributed by atoms with Crippen LogP contribution in [0.4, 0.5) is 4.39 Å². The normalized spacial score (nSPS) is 16.4. The molecule has 0 saturated carbocycles. The maximum atomic E-state index is 13.3. The molecular weight excluding hydrogens is 435 g/mol. The van der Waals surface area contributed by atoms with Crippen LogP contribution in [0.2, 0.25) is 0 Å². The Morgan fingerprint density at radius 1 is 1.15 bits per heavy atom. The van der Waals surface area contributed by atoms with Gasteiger partial charge in [-0.2, -0.15) is 5.10 Å². The molecule has 174 valence electrons. The van der Waals surface area contributed by atoms with Crippen molar-refractivity contribution in [1.29, 1.82) is 0 Å². The maximum Gasteiger partial charge on any atom is 0.254 e. The van der Waals surface area contributed by atoms with Gasteiger partial charge < -0.3 is 14.4 Å². The van der Waals surface area contributed by atoms with Gasteiger partial charge in [-0.1, -0.05) is 18.2 Å². The Morgan fingerprint density at radius 3 is 2.91 bits per heavy atom. The zero-order chi connectivity index (χ0) is 23.3. The molecule has 1 amide bonds. The molecule has 4 aromatic rings. The number of rotatable bonds is 6. The Bertz CT molecular complexity index is 1270. The highest BCUT2D eigenvalue weighted by molar-refractivity contribution is 5.94. The largest absolute Gasteiger partial charge is 0.489 e. The van der Waals surface area contributed by atoms with E-state index in [0.29, 0.717) is 50.6 Å². The van der Waals surface area contributed by atoms with Gasteiger partial charge >= 0.3 is 0 Å². The summed E-state index contributed by atoms with van der Waals surface area (Å²) in [5.41, 5.74) is 3.16. The third-order valence-corrected chi connectivity index (χ3v) is 5.83.